The lowest BCUT2D eigenvalue weighted by molar-refractivity contribution is 0.224. The SMILES string of the molecule is C1CC[C@H]2CCCC[C@@H]2CC1. The molecule has 0 aromatic carbocycles. The van der Waals surface area contributed by atoms with Gasteiger partial charge in [0.1, 0.15) is 0 Å². The Hall–Kier alpha value is 0. The maximum absolute atomic E-state index is 1.56. The third-order valence-corrected chi connectivity index (χ3v) is 3.72. The molecule has 64 valence electrons. The van der Waals surface area contributed by atoms with Crippen molar-refractivity contribution < 1.29 is 0 Å². The van der Waals surface area contributed by atoms with Crippen LogP contribution in [-0.4, -0.2) is 0 Å². The monoisotopic (exact) mass is 152 g/mol. The molecule has 0 aliphatic heterocycles. The molecule has 0 unspecified atom stereocenters. The minimum Gasteiger partial charge on any atom is -0.0533 e. The minimum atomic E-state index is 1.14. The molecule has 0 aromatic heterocycles. The quantitative estimate of drug-likeness (QED) is 0.496. The number of hydrogen-bond donors (Lipinski definition) is 0. The fourth-order valence-electron chi connectivity index (χ4n) is 3.03. The van der Waals surface area contributed by atoms with Crippen LogP contribution in [0.15, 0.2) is 0 Å². The smallest absolute Gasteiger partial charge is 0.0386 e. The number of fused-ring (bicyclic) bond motifs is 1. The molecule has 0 heterocycles. The van der Waals surface area contributed by atoms with Crippen LogP contribution in [0.4, 0.5) is 0 Å². The number of rotatable bonds is 0. The van der Waals surface area contributed by atoms with Crippen LogP contribution in [-0.2, 0) is 0 Å². The maximum atomic E-state index is 1.56. The lowest BCUT2D eigenvalue weighted by atomic mass is 9.77. The first-order valence-corrected chi connectivity index (χ1v) is 5.47. The molecule has 0 saturated heterocycles. The van der Waals surface area contributed by atoms with E-state index in [2.05, 4.69) is 0 Å². The molecule has 0 heteroatoms. The Morgan fingerprint density at radius 1 is 0.455 bits per heavy atom. The van der Waals surface area contributed by atoms with Gasteiger partial charge in [0.2, 0.25) is 0 Å². The Labute approximate surface area is 70.4 Å². The van der Waals surface area contributed by atoms with Crippen molar-refractivity contribution in [1.82, 2.24) is 0 Å². The summed E-state index contributed by atoms with van der Waals surface area (Å²) in [7, 11) is 0. The van der Waals surface area contributed by atoms with Gasteiger partial charge in [-0.15, -0.1) is 0 Å². The van der Waals surface area contributed by atoms with Gasteiger partial charge in [-0.1, -0.05) is 57.8 Å². The molecule has 2 saturated carbocycles. The van der Waals surface area contributed by atoms with Gasteiger partial charge < -0.3 is 0 Å². The Morgan fingerprint density at radius 2 is 0.818 bits per heavy atom. The van der Waals surface area contributed by atoms with Crippen LogP contribution in [0.2, 0.25) is 0 Å². The summed E-state index contributed by atoms with van der Waals surface area (Å²) in [6, 6.07) is 0. The van der Waals surface area contributed by atoms with Gasteiger partial charge in [0, 0.05) is 0 Å². The fraction of sp³-hybridized carbons (Fsp3) is 1.00. The summed E-state index contributed by atoms with van der Waals surface area (Å²) in [5, 5.41) is 0. The molecule has 0 amide bonds. The van der Waals surface area contributed by atoms with Crippen molar-refractivity contribution in [2.45, 2.75) is 57.8 Å². The molecule has 0 spiro atoms. The first-order valence-electron chi connectivity index (χ1n) is 5.47. The molecular weight excluding hydrogens is 132 g/mol. The van der Waals surface area contributed by atoms with Crippen molar-refractivity contribution in [3.63, 3.8) is 0 Å². The fourth-order valence-corrected chi connectivity index (χ4v) is 3.03. The van der Waals surface area contributed by atoms with E-state index in [-0.39, 0.29) is 0 Å². The molecular formula is C11H20. The molecule has 2 fully saturated rings. The molecule has 0 bridgehead atoms. The Kier molecular flexibility index (Phi) is 2.50. The van der Waals surface area contributed by atoms with E-state index in [1.165, 1.54) is 32.1 Å². The Bertz CT molecular complexity index is 103. The van der Waals surface area contributed by atoms with E-state index in [0.29, 0.717) is 0 Å². The standard InChI is InChI=1S/C11H20/c1-2-6-10-8-4-5-9-11(10)7-3-1/h10-11H,1-9H2/t10-,11-/m0/s1. The molecule has 0 radical (unpaired) electrons. The second-order valence-corrected chi connectivity index (χ2v) is 4.44. The average molecular weight is 152 g/mol. The molecule has 2 aliphatic carbocycles. The molecule has 2 aliphatic rings. The van der Waals surface area contributed by atoms with Crippen molar-refractivity contribution >= 4 is 0 Å². The summed E-state index contributed by atoms with van der Waals surface area (Å²) in [6.07, 6.45) is 13.9. The first kappa shape index (κ1) is 7.64. The van der Waals surface area contributed by atoms with E-state index < -0.39 is 0 Å². The Balaban J connectivity index is 1.93. The van der Waals surface area contributed by atoms with Crippen LogP contribution in [0.5, 0.6) is 0 Å². The summed E-state index contributed by atoms with van der Waals surface area (Å²) in [4.78, 5) is 0. The molecule has 0 aromatic rings. The summed E-state index contributed by atoms with van der Waals surface area (Å²) in [6.45, 7) is 0. The summed E-state index contributed by atoms with van der Waals surface area (Å²) in [5.74, 6) is 2.29. The van der Waals surface area contributed by atoms with Crippen LogP contribution in [0, 0.1) is 11.8 Å². The number of hydrogen-bond acceptors (Lipinski definition) is 0. The van der Waals surface area contributed by atoms with Gasteiger partial charge in [-0.2, -0.15) is 0 Å². The first-order chi connectivity index (χ1) is 5.47. The highest BCUT2D eigenvalue weighted by Crippen LogP contribution is 2.38. The van der Waals surface area contributed by atoms with Gasteiger partial charge in [-0.05, 0) is 11.8 Å². The summed E-state index contributed by atoms with van der Waals surface area (Å²) < 4.78 is 0. The van der Waals surface area contributed by atoms with E-state index in [1.807, 2.05) is 0 Å². The lowest BCUT2D eigenvalue weighted by Gasteiger charge is -2.29. The zero-order valence-corrected chi connectivity index (χ0v) is 7.52. The van der Waals surface area contributed by atoms with Gasteiger partial charge in [-0.25, -0.2) is 0 Å². The summed E-state index contributed by atoms with van der Waals surface area (Å²) >= 11 is 0. The van der Waals surface area contributed by atoms with E-state index in [0.717, 1.165) is 11.8 Å². The summed E-state index contributed by atoms with van der Waals surface area (Å²) in [5.41, 5.74) is 0. The van der Waals surface area contributed by atoms with E-state index in [4.69, 9.17) is 0 Å². The van der Waals surface area contributed by atoms with Crippen molar-refractivity contribution in [2.24, 2.45) is 11.8 Å². The van der Waals surface area contributed by atoms with Crippen LogP contribution in [0.1, 0.15) is 57.8 Å². The highest BCUT2D eigenvalue weighted by Gasteiger charge is 2.25. The van der Waals surface area contributed by atoms with Crippen molar-refractivity contribution in [3.8, 4) is 0 Å². The van der Waals surface area contributed by atoms with Gasteiger partial charge >= 0.3 is 0 Å². The van der Waals surface area contributed by atoms with Crippen LogP contribution in [0.3, 0.4) is 0 Å². The van der Waals surface area contributed by atoms with Gasteiger partial charge in [0.15, 0.2) is 0 Å². The largest absolute Gasteiger partial charge is 0.0533 e. The Morgan fingerprint density at radius 3 is 1.27 bits per heavy atom. The predicted octanol–water partition coefficient (Wildman–Crippen LogP) is 3.76. The van der Waals surface area contributed by atoms with E-state index in [1.54, 1.807) is 25.7 Å². The zero-order valence-electron chi connectivity index (χ0n) is 7.52. The van der Waals surface area contributed by atoms with Crippen molar-refractivity contribution in [3.05, 3.63) is 0 Å². The van der Waals surface area contributed by atoms with Crippen molar-refractivity contribution in [1.29, 1.82) is 0 Å². The predicted molar refractivity (Wildman–Crippen MR) is 48.5 cm³/mol. The lowest BCUT2D eigenvalue weighted by Crippen LogP contribution is -2.17. The van der Waals surface area contributed by atoms with Crippen LogP contribution < -0.4 is 0 Å². The molecule has 2 atom stereocenters. The third-order valence-electron chi connectivity index (χ3n) is 3.72. The average Bonchev–Trinajstić information content (AvgIpc) is 2.28. The molecule has 0 nitrogen and oxygen atoms in total. The highest BCUT2D eigenvalue weighted by molar-refractivity contribution is 4.77. The van der Waals surface area contributed by atoms with Crippen LogP contribution in [0.25, 0.3) is 0 Å². The highest BCUT2D eigenvalue weighted by atomic mass is 14.3. The molecule has 2 rings (SSSR count). The maximum Gasteiger partial charge on any atom is -0.0386 e. The van der Waals surface area contributed by atoms with Gasteiger partial charge in [-0.3, -0.25) is 0 Å². The minimum absolute atomic E-state index is 1.14. The molecule has 11 heavy (non-hydrogen) atoms. The van der Waals surface area contributed by atoms with Gasteiger partial charge in [0.25, 0.3) is 0 Å². The van der Waals surface area contributed by atoms with Crippen molar-refractivity contribution in [2.75, 3.05) is 0 Å². The van der Waals surface area contributed by atoms with E-state index >= 15 is 0 Å². The van der Waals surface area contributed by atoms with Crippen LogP contribution >= 0.6 is 0 Å². The second kappa shape index (κ2) is 3.60. The zero-order chi connectivity index (χ0) is 7.52. The van der Waals surface area contributed by atoms with E-state index in [9.17, 15) is 0 Å². The molecule has 0 N–H and O–H groups in total. The third kappa shape index (κ3) is 1.77. The van der Waals surface area contributed by atoms with Gasteiger partial charge in [0.05, 0.1) is 0 Å². The second-order valence-electron chi connectivity index (χ2n) is 4.44. The topological polar surface area (TPSA) is 0 Å². The normalized spacial score (nSPS) is 39.3.